The van der Waals surface area contributed by atoms with Gasteiger partial charge in [0.25, 0.3) is 5.56 Å². The number of anilines is 2. The van der Waals surface area contributed by atoms with E-state index in [9.17, 15) is 9.59 Å². The van der Waals surface area contributed by atoms with E-state index in [1.54, 1.807) is 6.92 Å². The summed E-state index contributed by atoms with van der Waals surface area (Å²) in [5, 5.41) is 2.80. The van der Waals surface area contributed by atoms with Gasteiger partial charge in [0.05, 0.1) is 6.04 Å². The Morgan fingerprint density at radius 2 is 2.06 bits per heavy atom. The summed E-state index contributed by atoms with van der Waals surface area (Å²) in [4.78, 5) is 25.6. The zero-order chi connectivity index (χ0) is 13.9. The topological polar surface area (TPSA) is 92.9 Å². The van der Waals surface area contributed by atoms with Crippen molar-refractivity contribution >= 4 is 11.5 Å². The van der Waals surface area contributed by atoms with Crippen LogP contribution in [0.3, 0.4) is 0 Å². The highest BCUT2D eigenvalue weighted by molar-refractivity contribution is 5.61. The van der Waals surface area contributed by atoms with Gasteiger partial charge in [0.2, 0.25) is 0 Å². The molecular formula is C12H18N4O2. The molecule has 1 aromatic heterocycles. The maximum absolute atomic E-state index is 11.7. The Morgan fingerprint density at radius 1 is 1.44 bits per heavy atom. The zero-order valence-corrected chi connectivity index (χ0v) is 10.8. The van der Waals surface area contributed by atoms with Crippen LogP contribution < -0.4 is 22.3 Å². The Kier molecular flexibility index (Phi) is 4.21. The van der Waals surface area contributed by atoms with Gasteiger partial charge in [0, 0.05) is 6.54 Å². The normalized spacial score (nSPS) is 12.2. The average Bonchev–Trinajstić information content (AvgIpc) is 2.29. The number of rotatable bonds is 4. The number of nitrogens with one attached hydrogen (secondary N) is 2. The lowest BCUT2D eigenvalue weighted by atomic mass is 10.2. The number of nitrogen functional groups attached to an aromatic ring is 1. The van der Waals surface area contributed by atoms with Crippen LogP contribution in [0, 0.1) is 18.3 Å². The van der Waals surface area contributed by atoms with Crippen molar-refractivity contribution in [2.24, 2.45) is 5.92 Å². The Hall–Kier alpha value is -2.16. The predicted octanol–water partition coefficient (Wildman–Crippen LogP) is 0.208. The number of hydrogen-bond acceptors (Lipinski definition) is 4. The summed E-state index contributed by atoms with van der Waals surface area (Å²) < 4.78 is 1.33. The van der Waals surface area contributed by atoms with Crippen LogP contribution in [0.15, 0.2) is 9.59 Å². The summed E-state index contributed by atoms with van der Waals surface area (Å²) in [6, 6.07) is -0.349. The number of H-pyrrole nitrogens is 1. The fourth-order valence-corrected chi connectivity index (χ4v) is 1.53. The minimum atomic E-state index is -0.556. The first-order valence-electron chi connectivity index (χ1n) is 5.72. The lowest BCUT2D eigenvalue weighted by molar-refractivity contribution is 0.508. The molecule has 6 nitrogen and oxygen atoms in total. The Bertz CT molecular complexity index is 577. The van der Waals surface area contributed by atoms with Gasteiger partial charge in [-0.25, -0.2) is 4.79 Å². The molecule has 1 heterocycles. The van der Waals surface area contributed by atoms with E-state index >= 15 is 0 Å². The van der Waals surface area contributed by atoms with Crippen molar-refractivity contribution in [3.8, 4) is 12.3 Å². The maximum Gasteiger partial charge on any atom is 0.330 e. The van der Waals surface area contributed by atoms with E-state index in [1.807, 2.05) is 13.8 Å². The molecule has 0 saturated heterocycles. The lowest BCUT2D eigenvalue weighted by Gasteiger charge is -2.16. The summed E-state index contributed by atoms with van der Waals surface area (Å²) in [5.41, 5.74) is 4.92. The van der Waals surface area contributed by atoms with Gasteiger partial charge < -0.3 is 11.1 Å². The molecule has 1 unspecified atom stereocenters. The maximum atomic E-state index is 11.7. The molecule has 0 aliphatic heterocycles. The number of aromatic nitrogens is 2. The van der Waals surface area contributed by atoms with E-state index < -0.39 is 11.2 Å². The molecule has 0 aliphatic rings. The Balaban J connectivity index is 3.32. The van der Waals surface area contributed by atoms with E-state index in [2.05, 4.69) is 16.2 Å². The van der Waals surface area contributed by atoms with Crippen molar-refractivity contribution in [1.29, 1.82) is 0 Å². The van der Waals surface area contributed by atoms with Crippen molar-refractivity contribution in [2.75, 3.05) is 11.1 Å². The van der Waals surface area contributed by atoms with Crippen LogP contribution in [-0.2, 0) is 6.54 Å². The summed E-state index contributed by atoms with van der Waals surface area (Å²) in [5.74, 6) is 2.78. The summed E-state index contributed by atoms with van der Waals surface area (Å²) in [6.45, 7) is 6.06. The highest BCUT2D eigenvalue weighted by atomic mass is 16.2. The fourth-order valence-electron chi connectivity index (χ4n) is 1.53. The van der Waals surface area contributed by atoms with Gasteiger partial charge in [-0.15, -0.1) is 6.42 Å². The van der Waals surface area contributed by atoms with Crippen molar-refractivity contribution in [3.05, 3.63) is 20.8 Å². The number of nitrogens with zero attached hydrogens (tertiary/aromatic N) is 1. The molecule has 0 bridgehead atoms. The average molecular weight is 250 g/mol. The third kappa shape index (κ3) is 2.94. The van der Waals surface area contributed by atoms with Crippen LogP contribution in [0.4, 0.5) is 11.5 Å². The second kappa shape index (κ2) is 5.45. The van der Waals surface area contributed by atoms with Crippen LogP contribution in [0.5, 0.6) is 0 Å². The number of aromatic amines is 1. The first kappa shape index (κ1) is 13.9. The third-order valence-electron chi connectivity index (χ3n) is 2.40. The molecule has 0 amide bonds. The van der Waals surface area contributed by atoms with Crippen LogP contribution >= 0.6 is 0 Å². The quantitative estimate of drug-likeness (QED) is 0.666. The molecule has 0 aromatic carbocycles. The van der Waals surface area contributed by atoms with Crippen molar-refractivity contribution < 1.29 is 0 Å². The van der Waals surface area contributed by atoms with E-state index in [0.29, 0.717) is 6.54 Å². The highest BCUT2D eigenvalue weighted by Gasteiger charge is 2.14. The monoisotopic (exact) mass is 250 g/mol. The number of terminal acetylenes is 1. The molecule has 0 spiro atoms. The lowest BCUT2D eigenvalue weighted by Crippen LogP contribution is -2.36. The minimum Gasteiger partial charge on any atom is -0.383 e. The summed E-state index contributed by atoms with van der Waals surface area (Å²) in [7, 11) is 0. The molecule has 1 aromatic rings. The highest BCUT2D eigenvalue weighted by Crippen LogP contribution is 2.12. The molecule has 18 heavy (non-hydrogen) atoms. The molecular weight excluding hydrogens is 232 g/mol. The molecule has 0 fully saturated rings. The van der Waals surface area contributed by atoms with Crippen LogP contribution in [0.1, 0.15) is 20.8 Å². The first-order chi connectivity index (χ1) is 8.36. The predicted molar refractivity (Wildman–Crippen MR) is 72.5 cm³/mol. The first-order valence-corrected chi connectivity index (χ1v) is 5.72. The van der Waals surface area contributed by atoms with Gasteiger partial charge in [-0.1, -0.05) is 19.8 Å². The second-order valence-corrected chi connectivity index (χ2v) is 4.56. The molecule has 1 rings (SSSR count). The number of nitrogens with two attached hydrogens (primary N) is 1. The minimum absolute atomic E-state index is 0.111. The van der Waals surface area contributed by atoms with Crippen LogP contribution in [0.25, 0.3) is 0 Å². The summed E-state index contributed by atoms with van der Waals surface area (Å²) in [6.07, 6.45) is 5.23. The number of hydrogen-bond donors (Lipinski definition) is 3. The molecule has 4 N–H and O–H groups in total. The van der Waals surface area contributed by atoms with Gasteiger partial charge in [0.15, 0.2) is 0 Å². The SMILES string of the molecule is C#CC(C)Nc1c(N)n(CC(C)C)c(=O)[nH]c1=O. The largest absolute Gasteiger partial charge is 0.383 e. The van der Waals surface area contributed by atoms with Gasteiger partial charge >= 0.3 is 5.69 Å². The van der Waals surface area contributed by atoms with Gasteiger partial charge in [-0.3, -0.25) is 14.3 Å². The van der Waals surface area contributed by atoms with Crippen molar-refractivity contribution in [1.82, 2.24) is 9.55 Å². The van der Waals surface area contributed by atoms with Gasteiger partial charge in [-0.2, -0.15) is 0 Å². The van der Waals surface area contributed by atoms with Crippen LogP contribution in [0.2, 0.25) is 0 Å². The zero-order valence-electron chi connectivity index (χ0n) is 10.8. The van der Waals surface area contributed by atoms with E-state index in [4.69, 9.17) is 12.2 Å². The second-order valence-electron chi connectivity index (χ2n) is 4.56. The van der Waals surface area contributed by atoms with Gasteiger partial charge in [0.1, 0.15) is 11.5 Å². The molecule has 0 radical (unpaired) electrons. The smallest absolute Gasteiger partial charge is 0.330 e. The third-order valence-corrected chi connectivity index (χ3v) is 2.40. The molecule has 98 valence electrons. The molecule has 1 atom stereocenters. The molecule has 6 heteroatoms. The van der Waals surface area contributed by atoms with Crippen molar-refractivity contribution in [3.63, 3.8) is 0 Å². The molecule has 0 aliphatic carbocycles. The van der Waals surface area contributed by atoms with Crippen molar-refractivity contribution in [2.45, 2.75) is 33.4 Å². The Morgan fingerprint density at radius 3 is 2.56 bits per heavy atom. The van der Waals surface area contributed by atoms with E-state index in [0.717, 1.165) is 0 Å². The van der Waals surface area contributed by atoms with Crippen LogP contribution in [-0.4, -0.2) is 15.6 Å². The van der Waals surface area contributed by atoms with Gasteiger partial charge in [-0.05, 0) is 12.8 Å². The van der Waals surface area contributed by atoms with E-state index in [1.165, 1.54) is 4.57 Å². The molecule has 0 saturated carbocycles. The van der Waals surface area contributed by atoms with E-state index in [-0.39, 0.29) is 23.5 Å². The standard InChI is InChI=1S/C12H18N4O2/c1-5-8(4)14-9-10(13)16(6-7(2)3)12(18)15-11(9)17/h1,7-8,14H,6,13H2,2-4H3,(H,15,17,18). The Labute approximate surface area is 105 Å². The fraction of sp³-hybridized carbons (Fsp3) is 0.500. The summed E-state index contributed by atoms with van der Waals surface area (Å²) >= 11 is 0.